The molecule has 1 fully saturated rings. The molecule has 1 saturated carbocycles. The quantitative estimate of drug-likeness (QED) is 0.514. The molecule has 3 aromatic rings. The van der Waals surface area contributed by atoms with Crippen molar-refractivity contribution in [2.75, 3.05) is 11.9 Å². The summed E-state index contributed by atoms with van der Waals surface area (Å²) in [6.07, 6.45) is -2.40. The molecule has 2 atom stereocenters. The third-order valence-corrected chi connectivity index (χ3v) is 5.89. The van der Waals surface area contributed by atoms with Gasteiger partial charge in [0.05, 0.1) is 22.9 Å². The van der Waals surface area contributed by atoms with Crippen LogP contribution in [-0.2, 0) is 4.79 Å². The van der Waals surface area contributed by atoms with Gasteiger partial charge in [0.2, 0.25) is 5.91 Å². The minimum Gasteiger partial charge on any atom is -0.343 e. The van der Waals surface area contributed by atoms with E-state index in [0.717, 1.165) is 11.1 Å². The molecule has 1 aliphatic carbocycles. The first-order chi connectivity index (χ1) is 16.1. The Kier molecular flexibility index (Phi) is 6.19. The summed E-state index contributed by atoms with van der Waals surface area (Å²) in [5.74, 6) is -1.32. The number of hydrogen-bond acceptors (Lipinski definition) is 4. The average Bonchev–Trinajstić information content (AvgIpc) is 3.57. The number of alkyl halides is 3. The summed E-state index contributed by atoms with van der Waals surface area (Å²) in [6.45, 7) is 0.338. The Hall–Kier alpha value is -3.64. The predicted molar refractivity (Wildman–Crippen MR) is 121 cm³/mol. The van der Waals surface area contributed by atoms with Gasteiger partial charge in [0.1, 0.15) is 12.4 Å². The number of pyridine rings is 1. The van der Waals surface area contributed by atoms with E-state index in [4.69, 9.17) is 16.9 Å². The number of amides is 2. The molecule has 6 nitrogen and oxygen atoms in total. The minimum atomic E-state index is -4.49. The first-order valence-electron chi connectivity index (χ1n) is 10.3. The fourth-order valence-corrected chi connectivity index (χ4v) is 3.97. The van der Waals surface area contributed by atoms with E-state index < -0.39 is 18.6 Å². The maximum Gasteiger partial charge on any atom is 0.405 e. The van der Waals surface area contributed by atoms with Gasteiger partial charge in [-0.2, -0.15) is 18.4 Å². The number of halogens is 4. The van der Waals surface area contributed by atoms with Gasteiger partial charge in [0.25, 0.3) is 5.91 Å². The summed E-state index contributed by atoms with van der Waals surface area (Å²) in [4.78, 5) is 28.5. The molecule has 0 aliphatic heterocycles. The van der Waals surface area contributed by atoms with Crippen molar-refractivity contribution in [3.05, 3.63) is 58.7 Å². The standard InChI is InChI=1S/C24H18ClF3N4O2/c1-12-4-13(22(33)31-11-24(26,27)28)2-3-17(12)14-5-15-8-21(30-10-19(15)20(25)7-14)32-23(34)18-6-16(18)9-29/h2-5,7-8,10,16,18H,6,11H2,1H3,(H,31,33)(H,30,32,34)/t16-,18+/m1/s1. The van der Waals surface area contributed by atoms with Crippen molar-refractivity contribution in [2.45, 2.75) is 19.5 Å². The number of hydrogen-bond donors (Lipinski definition) is 2. The molecule has 1 aromatic heterocycles. The van der Waals surface area contributed by atoms with E-state index in [1.165, 1.54) is 12.1 Å². The van der Waals surface area contributed by atoms with Crippen molar-refractivity contribution in [1.29, 1.82) is 5.26 Å². The van der Waals surface area contributed by atoms with Crippen molar-refractivity contribution < 1.29 is 22.8 Å². The van der Waals surface area contributed by atoms with Crippen LogP contribution in [0.1, 0.15) is 22.3 Å². The van der Waals surface area contributed by atoms with E-state index >= 15 is 0 Å². The van der Waals surface area contributed by atoms with Gasteiger partial charge in [-0.05, 0) is 65.8 Å². The number of rotatable bonds is 5. The Morgan fingerprint density at radius 3 is 2.65 bits per heavy atom. The summed E-state index contributed by atoms with van der Waals surface area (Å²) < 4.78 is 37.1. The van der Waals surface area contributed by atoms with Crippen molar-refractivity contribution >= 4 is 40.0 Å². The molecule has 10 heteroatoms. The van der Waals surface area contributed by atoms with Gasteiger partial charge >= 0.3 is 6.18 Å². The first kappa shape index (κ1) is 23.5. The molecule has 1 aliphatic rings. The lowest BCUT2D eigenvalue weighted by molar-refractivity contribution is -0.123. The van der Waals surface area contributed by atoms with Crippen LogP contribution in [0.3, 0.4) is 0 Å². The van der Waals surface area contributed by atoms with Gasteiger partial charge in [0, 0.05) is 17.1 Å². The maximum atomic E-state index is 12.4. The molecular formula is C24H18ClF3N4O2. The van der Waals surface area contributed by atoms with Gasteiger partial charge in [0.15, 0.2) is 0 Å². The second-order valence-corrected chi connectivity index (χ2v) is 8.55. The number of nitriles is 1. The molecule has 0 spiro atoms. The number of carbonyl (C=O) groups excluding carboxylic acids is 2. The van der Waals surface area contributed by atoms with Gasteiger partial charge in [-0.1, -0.05) is 17.7 Å². The highest BCUT2D eigenvalue weighted by Gasteiger charge is 2.43. The number of aryl methyl sites for hydroxylation is 1. The van der Waals surface area contributed by atoms with E-state index in [2.05, 4.69) is 16.4 Å². The molecule has 2 N–H and O–H groups in total. The monoisotopic (exact) mass is 486 g/mol. The van der Waals surface area contributed by atoms with Crippen molar-refractivity contribution in [2.24, 2.45) is 11.8 Å². The number of nitrogens with one attached hydrogen (secondary N) is 2. The zero-order valence-corrected chi connectivity index (χ0v) is 18.6. The van der Waals surface area contributed by atoms with Crippen LogP contribution in [-0.4, -0.2) is 29.5 Å². The topological polar surface area (TPSA) is 94.9 Å². The highest BCUT2D eigenvalue weighted by Crippen LogP contribution is 2.39. The van der Waals surface area contributed by atoms with E-state index in [-0.39, 0.29) is 23.3 Å². The molecule has 1 heterocycles. The van der Waals surface area contributed by atoms with E-state index in [0.29, 0.717) is 33.6 Å². The summed E-state index contributed by atoms with van der Waals surface area (Å²) in [5.41, 5.74) is 2.26. The van der Waals surface area contributed by atoms with Gasteiger partial charge < -0.3 is 10.6 Å². The van der Waals surface area contributed by atoms with Crippen LogP contribution in [0, 0.1) is 30.1 Å². The molecule has 2 aromatic carbocycles. The molecule has 2 amide bonds. The number of benzene rings is 2. The Morgan fingerprint density at radius 1 is 1.24 bits per heavy atom. The molecule has 0 bridgehead atoms. The molecular weight excluding hydrogens is 469 g/mol. The van der Waals surface area contributed by atoms with Crippen LogP contribution in [0.5, 0.6) is 0 Å². The third kappa shape index (κ3) is 5.13. The molecule has 0 unspecified atom stereocenters. The lowest BCUT2D eigenvalue weighted by Crippen LogP contribution is -2.33. The van der Waals surface area contributed by atoms with E-state index in [9.17, 15) is 22.8 Å². The Balaban J connectivity index is 1.59. The summed E-state index contributed by atoms with van der Waals surface area (Å²) in [6, 6.07) is 11.9. The van der Waals surface area contributed by atoms with Crippen LogP contribution in [0.15, 0.2) is 42.6 Å². The van der Waals surface area contributed by atoms with Gasteiger partial charge in [-0.25, -0.2) is 4.98 Å². The SMILES string of the molecule is Cc1cc(C(=O)NCC(F)(F)F)ccc1-c1cc(Cl)c2cnc(NC(=O)[C@H]3C[C@@H]3C#N)cc2c1. The number of nitrogens with zero attached hydrogens (tertiary/aromatic N) is 2. The lowest BCUT2D eigenvalue weighted by Gasteiger charge is -2.13. The Labute approximate surface area is 197 Å². The fraction of sp³-hybridized carbons (Fsp3) is 0.250. The molecule has 0 saturated heterocycles. The van der Waals surface area contributed by atoms with Crippen molar-refractivity contribution in [3.8, 4) is 17.2 Å². The second kappa shape index (κ2) is 8.95. The zero-order chi connectivity index (χ0) is 24.6. The van der Waals surface area contributed by atoms with E-state index in [1.54, 1.807) is 31.3 Å². The van der Waals surface area contributed by atoms with Crippen LogP contribution in [0.25, 0.3) is 21.9 Å². The van der Waals surface area contributed by atoms with Gasteiger partial charge in [-0.3, -0.25) is 9.59 Å². The largest absolute Gasteiger partial charge is 0.405 e. The minimum absolute atomic E-state index is 0.113. The van der Waals surface area contributed by atoms with Crippen LogP contribution < -0.4 is 10.6 Å². The summed E-state index contributed by atoms with van der Waals surface area (Å²) >= 11 is 6.45. The van der Waals surface area contributed by atoms with Crippen molar-refractivity contribution in [1.82, 2.24) is 10.3 Å². The number of fused-ring (bicyclic) bond motifs is 1. The fourth-order valence-electron chi connectivity index (χ4n) is 3.69. The first-order valence-corrected chi connectivity index (χ1v) is 10.7. The predicted octanol–water partition coefficient (Wildman–Crippen LogP) is 5.25. The van der Waals surface area contributed by atoms with Crippen LogP contribution >= 0.6 is 11.6 Å². The maximum absolute atomic E-state index is 12.4. The average molecular weight is 487 g/mol. The smallest absolute Gasteiger partial charge is 0.343 e. The highest BCUT2D eigenvalue weighted by atomic mass is 35.5. The molecule has 174 valence electrons. The van der Waals surface area contributed by atoms with E-state index in [1.807, 2.05) is 11.4 Å². The summed E-state index contributed by atoms with van der Waals surface area (Å²) in [7, 11) is 0. The zero-order valence-electron chi connectivity index (χ0n) is 17.8. The second-order valence-electron chi connectivity index (χ2n) is 8.14. The number of anilines is 1. The van der Waals surface area contributed by atoms with Gasteiger partial charge in [-0.15, -0.1) is 0 Å². The highest BCUT2D eigenvalue weighted by molar-refractivity contribution is 6.36. The Morgan fingerprint density at radius 2 is 2.00 bits per heavy atom. The lowest BCUT2D eigenvalue weighted by atomic mass is 9.96. The number of carbonyl (C=O) groups is 2. The Bertz CT molecular complexity index is 1350. The summed E-state index contributed by atoms with van der Waals surface area (Å²) in [5, 5.41) is 15.3. The van der Waals surface area contributed by atoms with Crippen LogP contribution in [0.2, 0.25) is 5.02 Å². The number of aromatic nitrogens is 1. The third-order valence-electron chi connectivity index (χ3n) is 5.58. The van der Waals surface area contributed by atoms with Crippen molar-refractivity contribution in [3.63, 3.8) is 0 Å². The molecule has 0 radical (unpaired) electrons. The van der Waals surface area contributed by atoms with Crippen LogP contribution in [0.4, 0.5) is 19.0 Å². The molecule has 34 heavy (non-hydrogen) atoms. The molecule has 4 rings (SSSR count). The normalized spacial score (nSPS) is 17.2.